The summed E-state index contributed by atoms with van der Waals surface area (Å²) in [6.45, 7) is 6.36. The summed E-state index contributed by atoms with van der Waals surface area (Å²) in [5.74, 6) is 0.102. The van der Waals surface area contributed by atoms with Crippen LogP contribution in [0.3, 0.4) is 0 Å². The zero-order chi connectivity index (χ0) is 11.9. The SMILES string of the molecule is C[n+]1cccc2cc(C(C)(C)C)cc([O-])c21. The van der Waals surface area contributed by atoms with Crippen molar-refractivity contribution in [2.75, 3.05) is 0 Å². The maximum absolute atomic E-state index is 12.0. The Morgan fingerprint density at radius 1 is 1.19 bits per heavy atom. The predicted octanol–water partition coefficient (Wildman–Crippen LogP) is 2.04. The standard InChI is InChI=1S/C14H17NO/c1-14(2,3)11-8-10-6-5-7-15(4)13(10)12(16)9-11/h5-9H,1-4H3. The van der Waals surface area contributed by atoms with Gasteiger partial charge in [0.2, 0.25) is 5.52 Å². The first-order chi connectivity index (χ1) is 7.39. The smallest absolute Gasteiger partial charge is 0.204 e. The van der Waals surface area contributed by atoms with Gasteiger partial charge in [-0.05, 0) is 28.9 Å². The van der Waals surface area contributed by atoms with Crippen LogP contribution in [0.25, 0.3) is 10.9 Å². The lowest BCUT2D eigenvalue weighted by Gasteiger charge is -2.21. The van der Waals surface area contributed by atoms with Gasteiger partial charge in [-0.3, -0.25) is 0 Å². The lowest BCUT2D eigenvalue weighted by molar-refractivity contribution is -0.646. The van der Waals surface area contributed by atoms with E-state index in [4.69, 9.17) is 0 Å². The summed E-state index contributed by atoms with van der Waals surface area (Å²) in [4.78, 5) is 0. The van der Waals surface area contributed by atoms with E-state index < -0.39 is 0 Å². The Kier molecular flexibility index (Phi) is 2.38. The molecular formula is C14H17NO. The van der Waals surface area contributed by atoms with Gasteiger partial charge >= 0.3 is 0 Å². The van der Waals surface area contributed by atoms with Crippen molar-refractivity contribution in [3.63, 3.8) is 0 Å². The highest BCUT2D eigenvalue weighted by atomic mass is 16.3. The molecule has 0 spiro atoms. The average Bonchev–Trinajstić information content (AvgIpc) is 2.15. The van der Waals surface area contributed by atoms with E-state index in [1.807, 2.05) is 29.9 Å². The van der Waals surface area contributed by atoms with Crippen LogP contribution in [0.4, 0.5) is 0 Å². The zero-order valence-corrected chi connectivity index (χ0v) is 10.2. The molecule has 0 aliphatic carbocycles. The summed E-state index contributed by atoms with van der Waals surface area (Å²) < 4.78 is 1.88. The van der Waals surface area contributed by atoms with Crippen molar-refractivity contribution in [1.29, 1.82) is 0 Å². The van der Waals surface area contributed by atoms with Gasteiger partial charge in [-0.2, -0.15) is 0 Å². The first kappa shape index (κ1) is 10.9. The molecule has 0 radical (unpaired) electrons. The number of fused-ring (bicyclic) bond motifs is 1. The van der Waals surface area contributed by atoms with Crippen LogP contribution in [0.1, 0.15) is 26.3 Å². The molecule has 1 aromatic carbocycles. The molecule has 0 aliphatic heterocycles. The quantitative estimate of drug-likeness (QED) is 0.618. The third kappa shape index (κ3) is 1.75. The van der Waals surface area contributed by atoms with Gasteiger partial charge in [-0.1, -0.05) is 26.8 Å². The minimum atomic E-state index is 0.0156. The predicted molar refractivity (Wildman–Crippen MR) is 63.3 cm³/mol. The molecule has 0 unspecified atom stereocenters. The molecule has 16 heavy (non-hydrogen) atoms. The summed E-state index contributed by atoms with van der Waals surface area (Å²) in [7, 11) is 1.90. The normalized spacial score (nSPS) is 12.0. The van der Waals surface area contributed by atoms with Gasteiger partial charge in [0, 0.05) is 11.5 Å². The second kappa shape index (κ2) is 3.48. The highest BCUT2D eigenvalue weighted by Crippen LogP contribution is 2.29. The second-order valence-corrected chi connectivity index (χ2v) is 5.28. The fraction of sp³-hybridized carbons (Fsp3) is 0.357. The number of nitrogens with zero attached hydrogens (tertiary/aromatic N) is 1. The third-order valence-electron chi connectivity index (χ3n) is 2.91. The van der Waals surface area contributed by atoms with E-state index in [1.54, 1.807) is 6.07 Å². The summed E-state index contributed by atoms with van der Waals surface area (Å²) in [5, 5.41) is 13.1. The fourth-order valence-electron chi connectivity index (χ4n) is 1.92. The van der Waals surface area contributed by atoms with E-state index >= 15 is 0 Å². The molecule has 0 bridgehead atoms. The van der Waals surface area contributed by atoms with Gasteiger partial charge in [0.25, 0.3) is 0 Å². The number of rotatable bonds is 0. The maximum atomic E-state index is 12.0. The molecule has 1 aromatic heterocycles. The minimum Gasteiger partial charge on any atom is -0.868 e. The molecular weight excluding hydrogens is 198 g/mol. The Balaban J connectivity index is 2.79. The fourth-order valence-corrected chi connectivity index (χ4v) is 1.92. The lowest BCUT2D eigenvalue weighted by atomic mass is 9.86. The molecule has 2 aromatic rings. The monoisotopic (exact) mass is 215 g/mol. The van der Waals surface area contributed by atoms with E-state index in [0.29, 0.717) is 0 Å². The van der Waals surface area contributed by atoms with Crippen molar-refractivity contribution < 1.29 is 9.67 Å². The molecule has 2 rings (SSSR count). The molecule has 0 atom stereocenters. The van der Waals surface area contributed by atoms with Gasteiger partial charge < -0.3 is 5.11 Å². The van der Waals surface area contributed by atoms with Crippen molar-refractivity contribution in [2.24, 2.45) is 7.05 Å². The van der Waals surface area contributed by atoms with Crippen LogP contribution in [0.15, 0.2) is 30.5 Å². The van der Waals surface area contributed by atoms with Gasteiger partial charge in [0.05, 0.1) is 0 Å². The Bertz CT molecular complexity index is 538. The van der Waals surface area contributed by atoms with Gasteiger partial charge in [0.15, 0.2) is 6.20 Å². The number of benzene rings is 1. The largest absolute Gasteiger partial charge is 0.868 e. The first-order valence-corrected chi connectivity index (χ1v) is 5.49. The molecule has 0 fully saturated rings. The van der Waals surface area contributed by atoms with Crippen molar-refractivity contribution >= 4 is 10.9 Å². The van der Waals surface area contributed by atoms with E-state index in [9.17, 15) is 5.11 Å². The van der Waals surface area contributed by atoms with E-state index in [0.717, 1.165) is 16.5 Å². The lowest BCUT2D eigenvalue weighted by Crippen LogP contribution is -2.29. The van der Waals surface area contributed by atoms with Crippen LogP contribution in [-0.4, -0.2) is 0 Å². The molecule has 1 heterocycles. The molecule has 0 saturated heterocycles. The maximum Gasteiger partial charge on any atom is 0.204 e. The van der Waals surface area contributed by atoms with Crippen molar-refractivity contribution in [3.05, 3.63) is 36.0 Å². The zero-order valence-electron chi connectivity index (χ0n) is 10.2. The molecule has 0 amide bonds. The van der Waals surface area contributed by atoms with Crippen LogP contribution >= 0.6 is 0 Å². The van der Waals surface area contributed by atoms with Crippen LogP contribution < -0.4 is 9.67 Å². The average molecular weight is 215 g/mol. The number of hydrogen-bond acceptors (Lipinski definition) is 1. The number of pyridine rings is 1. The van der Waals surface area contributed by atoms with E-state index in [-0.39, 0.29) is 11.2 Å². The van der Waals surface area contributed by atoms with E-state index in [1.165, 1.54) is 0 Å². The second-order valence-electron chi connectivity index (χ2n) is 5.28. The van der Waals surface area contributed by atoms with Crippen molar-refractivity contribution in [2.45, 2.75) is 26.2 Å². The first-order valence-electron chi connectivity index (χ1n) is 5.49. The topological polar surface area (TPSA) is 26.9 Å². The Hall–Kier alpha value is -1.57. The molecule has 2 heteroatoms. The third-order valence-corrected chi connectivity index (χ3v) is 2.91. The highest BCUT2D eigenvalue weighted by molar-refractivity contribution is 5.82. The van der Waals surface area contributed by atoms with Crippen LogP contribution in [0.5, 0.6) is 5.75 Å². The number of hydrogen-bond donors (Lipinski definition) is 0. The minimum absolute atomic E-state index is 0.0156. The molecule has 84 valence electrons. The molecule has 0 N–H and O–H groups in total. The van der Waals surface area contributed by atoms with Crippen LogP contribution in [0.2, 0.25) is 0 Å². The van der Waals surface area contributed by atoms with Gasteiger partial charge in [0.1, 0.15) is 7.05 Å². The summed E-state index contributed by atoms with van der Waals surface area (Å²) in [6.07, 6.45) is 1.90. The van der Waals surface area contributed by atoms with Crippen LogP contribution in [-0.2, 0) is 12.5 Å². The number of aryl methyl sites for hydroxylation is 1. The Labute approximate surface area is 96.2 Å². The molecule has 0 aliphatic rings. The summed E-state index contributed by atoms with van der Waals surface area (Å²) in [6, 6.07) is 7.82. The summed E-state index contributed by atoms with van der Waals surface area (Å²) in [5.41, 5.74) is 1.88. The van der Waals surface area contributed by atoms with Crippen molar-refractivity contribution in [1.82, 2.24) is 0 Å². The van der Waals surface area contributed by atoms with Crippen molar-refractivity contribution in [3.8, 4) is 5.75 Å². The van der Waals surface area contributed by atoms with Gasteiger partial charge in [-0.25, -0.2) is 4.57 Å². The van der Waals surface area contributed by atoms with Gasteiger partial charge in [-0.15, -0.1) is 0 Å². The Morgan fingerprint density at radius 2 is 1.88 bits per heavy atom. The molecule has 0 saturated carbocycles. The van der Waals surface area contributed by atoms with Crippen LogP contribution in [0, 0.1) is 0 Å². The summed E-state index contributed by atoms with van der Waals surface area (Å²) >= 11 is 0. The Morgan fingerprint density at radius 3 is 2.50 bits per heavy atom. The molecule has 2 nitrogen and oxygen atoms in total. The van der Waals surface area contributed by atoms with E-state index in [2.05, 4.69) is 26.8 Å². The highest BCUT2D eigenvalue weighted by Gasteiger charge is 2.16. The number of aromatic nitrogens is 1.